The SMILES string of the molecule is O=CN1CCN(c2nncc(NCC3CCCO3)n2)CC1. The summed E-state index contributed by atoms with van der Waals surface area (Å²) < 4.78 is 5.57. The van der Waals surface area contributed by atoms with Gasteiger partial charge in [0.25, 0.3) is 0 Å². The van der Waals surface area contributed by atoms with Gasteiger partial charge in [0.05, 0.1) is 12.3 Å². The van der Waals surface area contributed by atoms with Crippen LogP contribution in [0.2, 0.25) is 0 Å². The van der Waals surface area contributed by atoms with E-state index in [1.165, 1.54) is 0 Å². The van der Waals surface area contributed by atoms with Crippen molar-refractivity contribution in [3.05, 3.63) is 6.20 Å². The Labute approximate surface area is 123 Å². The van der Waals surface area contributed by atoms with Crippen molar-refractivity contribution in [3.63, 3.8) is 0 Å². The summed E-state index contributed by atoms with van der Waals surface area (Å²) in [4.78, 5) is 19.0. The van der Waals surface area contributed by atoms with Crippen LogP contribution in [0.1, 0.15) is 12.8 Å². The van der Waals surface area contributed by atoms with Gasteiger partial charge in [-0.1, -0.05) is 0 Å². The monoisotopic (exact) mass is 292 g/mol. The Morgan fingerprint density at radius 1 is 1.38 bits per heavy atom. The topological polar surface area (TPSA) is 83.5 Å². The van der Waals surface area contributed by atoms with Gasteiger partial charge in [0.1, 0.15) is 0 Å². The van der Waals surface area contributed by atoms with Crippen molar-refractivity contribution in [1.29, 1.82) is 0 Å². The third-order valence-corrected chi connectivity index (χ3v) is 3.83. The number of anilines is 2. The largest absolute Gasteiger partial charge is 0.376 e. The Hall–Kier alpha value is -1.96. The second kappa shape index (κ2) is 6.66. The summed E-state index contributed by atoms with van der Waals surface area (Å²) in [5, 5.41) is 11.3. The molecule has 2 aliphatic heterocycles. The molecule has 0 radical (unpaired) electrons. The molecule has 3 heterocycles. The van der Waals surface area contributed by atoms with Gasteiger partial charge in [-0.2, -0.15) is 10.1 Å². The maximum absolute atomic E-state index is 10.7. The van der Waals surface area contributed by atoms with Gasteiger partial charge in [0.2, 0.25) is 12.4 Å². The first-order valence-electron chi connectivity index (χ1n) is 7.34. The molecule has 1 aromatic rings. The van der Waals surface area contributed by atoms with Crippen molar-refractivity contribution in [2.45, 2.75) is 18.9 Å². The van der Waals surface area contributed by atoms with E-state index in [0.29, 0.717) is 24.9 Å². The van der Waals surface area contributed by atoms with Crippen LogP contribution < -0.4 is 10.2 Å². The maximum Gasteiger partial charge on any atom is 0.247 e. The van der Waals surface area contributed by atoms with Gasteiger partial charge in [0, 0.05) is 39.3 Å². The van der Waals surface area contributed by atoms with Gasteiger partial charge in [-0.15, -0.1) is 5.10 Å². The van der Waals surface area contributed by atoms with E-state index in [2.05, 4.69) is 20.5 Å². The van der Waals surface area contributed by atoms with E-state index in [-0.39, 0.29) is 6.10 Å². The van der Waals surface area contributed by atoms with Crippen molar-refractivity contribution >= 4 is 18.2 Å². The Morgan fingerprint density at radius 3 is 2.95 bits per heavy atom. The number of nitrogens with zero attached hydrogens (tertiary/aromatic N) is 5. The first-order valence-corrected chi connectivity index (χ1v) is 7.34. The highest BCUT2D eigenvalue weighted by atomic mass is 16.5. The van der Waals surface area contributed by atoms with Crippen molar-refractivity contribution in [1.82, 2.24) is 20.1 Å². The smallest absolute Gasteiger partial charge is 0.247 e. The molecule has 0 aromatic carbocycles. The molecular formula is C13H20N6O2. The van der Waals surface area contributed by atoms with Crippen LogP contribution in [0.15, 0.2) is 6.20 Å². The van der Waals surface area contributed by atoms with Gasteiger partial charge >= 0.3 is 0 Å². The number of carbonyl (C=O) groups is 1. The predicted molar refractivity (Wildman–Crippen MR) is 77.1 cm³/mol. The molecular weight excluding hydrogens is 272 g/mol. The Kier molecular flexibility index (Phi) is 4.44. The number of nitrogens with one attached hydrogen (secondary N) is 1. The summed E-state index contributed by atoms with van der Waals surface area (Å²) in [6.07, 6.45) is 4.99. The lowest BCUT2D eigenvalue weighted by Gasteiger charge is -2.32. The number of amides is 1. The zero-order valence-electron chi connectivity index (χ0n) is 11.9. The van der Waals surface area contributed by atoms with Crippen LogP contribution in [0, 0.1) is 0 Å². The summed E-state index contributed by atoms with van der Waals surface area (Å²) >= 11 is 0. The van der Waals surface area contributed by atoms with E-state index >= 15 is 0 Å². The van der Waals surface area contributed by atoms with Crippen LogP contribution in [-0.4, -0.2) is 71.9 Å². The highest BCUT2D eigenvalue weighted by molar-refractivity contribution is 5.48. The molecule has 21 heavy (non-hydrogen) atoms. The lowest BCUT2D eigenvalue weighted by atomic mass is 10.2. The minimum absolute atomic E-state index is 0.263. The first kappa shape index (κ1) is 14.0. The quantitative estimate of drug-likeness (QED) is 0.749. The summed E-state index contributed by atoms with van der Waals surface area (Å²) in [6.45, 7) is 4.45. The molecule has 8 nitrogen and oxygen atoms in total. The fourth-order valence-electron chi connectivity index (χ4n) is 2.56. The fourth-order valence-corrected chi connectivity index (χ4v) is 2.56. The number of carbonyl (C=O) groups excluding carboxylic acids is 1. The standard InChI is InChI=1S/C13H20N6O2/c20-10-18-3-5-19(6-4-18)13-16-12(9-15-17-13)14-8-11-2-1-7-21-11/h9-11H,1-8H2,(H,14,16,17). The third-order valence-electron chi connectivity index (χ3n) is 3.83. The van der Waals surface area contributed by atoms with E-state index in [4.69, 9.17) is 4.74 Å². The van der Waals surface area contributed by atoms with E-state index < -0.39 is 0 Å². The van der Waals surface area contributed by atoms with Gasteiger partial charge < -0.3 is 19.9 Å². The van der Waals surface area contributed by atoms with Gasteiger partial charge in [-0.05, 0) is 12.8 Å². The third kappa shape index (κ3) is 3.57. The number of hydrogen-bond acceptors (Lipinski definition) is 7. The molecule has 0 spiro atoms. The normalized spacial score (nSPS) is 22.4. The molecule has 2 aliphatic rings. The zero-order chi connectivity index (χ0) is 14.5. The molecule has 2 fully saturated rings. The summed E-state index contributed by atoms with van der Waals surface area (Å²) in [6, 6.07) is 0. The Morgan fingerprint density at radius 2 is 2.24 bits per heavy atom. The van der Waals surface area contributed by atoms with Crippen molar-refractivity contribution < 1.29 is 9.53 Å². The average Bonchev–Trinajstić information content (AvgIpc) is 3.07. The minimum atomic E-state index is 0.263. The summed E-state index contributed by atoms with van der Waals surface area (Å²) in [5.41, 5.74) is 0. The van der Waals surface area contributed by atoms with E-state index in [0.717, 1.165) is 45.5 Å². The molecule has 2 saturated heterocycles. The lowest BCUT2D eigenvalue weighted by molar-refractivity contribution is -0.118. The number of ether oxygens (including phenoxy) is 1. The second-order valence-corrected chi connectivity index (χ2v) is 5.29. The number of rotatable bonds is 5. The van der Waals surface area contributed by atoms with Crippen molar-refractivity contribution in [2.24, 2.45) is 0 Å². The van der Waals surface area contributed by atoms with E-state index in [1.54, 1.807) is 11.1 Å². The van der Waals surface area contributed by atoms with Gasteiger partial charge in [-0.25, -0.2) is 0 Å². The molecule has 3 rings (SSSR count). The maximum atomic E-state index is 10.7. The predicted octanol–water partition coefficient (Wildman–Crippen LogP) is -0.259. The Balaban J connectivity index is 1.56. The van der Waals surface area contributed by atoms with Crippen LogP contribution in [0.3, 0.4) is 0 Å². The number of aromatic nitrogens is 3. The molecule has 0 aliphatic carbocycles. The molecule has 1 aromatic heterocycles. The average molecular weight is 292 g/mol. The molecule has 1 atom stereocenters. The Bertz CT molecular complexity index is 471. The molecule has 114 valence electrons. The van der Waals surface area contributed by atoms with Gasteiger partial charge in [-0.3, -0.25) is 4.79 Å². The molecule has 1 N–H and O–H groups in total. The van der Waals surface area contributed by atoms with Crippen LogP contribution in [-0.2, 0) is 9.53 Å². The van der Waals surface area contributed by atoms with E-state index in [9.17, 15) is 4.79 Å². The number of hydrogen-bond donors (Lipinski definition) is 1. The second-order valence-electron chi connectivity index (χ2n) is 5.29. The lowest BCUT2D eigenvalue weighted by Crippen LogP contribution is -2.46. The molecule has 0 saturated carbocycles. The summed E-state index contributed by atoms with van der Waals surface area (Å²) in [7, 11) is 0. The molecule has 1 amide bonds. The van der Waals surface area contributed by atoms with Crippen molar-refractivity contribution in [3.8, 4) is 0 Å². The molecule has 1 unspecified atom stereocenters. The van der Waals surface area contributed by atoms with Crippen LogP contribution >= 0.6 is 0 Å². The van der Waals surface area contributed by atoms with Gasteiger partial charge in [0.15, 0.2) is 5.82 Å². The van der Waals surface area contributed by atoms with Crippen molar-refractivity contribution in [2.75, 3.05) is 49.5 Å². The highest BCUT2D eigenvalue weighted by Crippen LogP contribution is 2.14. The minimum Gasteiger partial charge on any atom is -0.376 e. The van der Waals surface area contributed by atoms with E-state index in [1.807, 2.05) is 4.90 Å². The zero-order valence-corrected chi connectivity index (χ0v) is 11.9. The first-order chi connectivity index (χ1) is 10.3. The van der Waals surface area contributed by atoms with Crippen LogP contribution in [0.5, 0.6) is 0 Å². The molecule has 8 heteroatoms. The fraction of sp³-hybridized carbons (Fsp3) is 0.692. The molecule has 0 bridgehead atoms. The summed E-state index contributed by atoms with van der Waals surface area (Å²) in [5.74, 6) is 1.33. The van der Waals surface area contributed by atoms with Crippen LogP contribution in [0.25, 0.3) is 0 Å². The highest BCUT2D eigenvalue weighted by Gasteiger charge is 2.19. The number of piperazine rings is 1. The van der Waals surface area contributed by atoms with Crippen LogP contribution in [0.4, 0.5) is 11.8 Å².